The number of methoxy groups -OCH3 is 1. The van der Waals surface area contributed by atoms with Gasteiger partial charge in [-0.25, -0.2) is 18.6 Å². The molecule has 0 fully saturated rings. The van der Waals surface area contributed by atoms with Crippen LogP contribution in [0.15, 0.2) is 164 Å². The van der Waals surface area contributed by atoms with Crippen LogP contribution in [0.2, 0.25) is 0 Å². The molecular weight excluding hydrogens is 633 g/mol. The van der Waals surface area contributed by atoms with E-state index < -0.39 is 17.3 Å². The highest BCUT2D eigenvalue weighted by molar-refractivity contribution is 7.87. The fourth-order valence-electron chi connectivity index (χ4n) is 4.87. The zero-order chi connectivity index (χ0) is 33.5. The van der Waals surface area contributed by atoms with E-state index in [1.165, 1.54) is 15.9 Å². The number of nitrogens with zero attached hydrogens (tertiary/aromatic N) is 1. The summed E-state index contributed by atoms with van der Waals surface area (Å²) in [5.74, 6) is 1.60. The molecule has 47 heavy (non-hydrogen) atoms. The van der Waals surface area contributed by atoms with Gasteiger partial charge in [0, 0.05) is 11.6 Å². The molecule has 5 aromatic carbocycles. The molecule has 0 aromatic heterocycles. The molecule has 0 unspecified atom stereocenters. The lowest BCUT2D eigenvalue weighted by Crippen LogP contribution is -2.68. The van der Waals surface area contributed by atoms with Gasteiger partial charge in [0.05, 0.1) is 35.2 Å². The molecule has 0 saturated heterocycles. The SMILES string of the molecule is CCO/C(=C\C=CC(=[N+]=P(c1ccccc1)(c1ccccc1)c1ccccc1)c1ccccc1)c1ccc(OC)cc1.[O-][Cl+3]([O-])([O-])[O-]. The summed E-state index contributed by atoms with van der Waals surface area (Å²) >= 11 is 0. The number of benzene rings is 5. The average molecular weight is 668 g/mol. The predicted molar refractivity (Wildman–Crippen MR) is 180 cm³/mol. The fraction of sp³-hybridized carbons (Fsp3) is 0.0789. The highest BCUT2D eigenvalue weighted by Gasteiger charge is 2.38. The van der Waals surface area contributed by atoms with Crippen molar-refractivity contribution in [2.75, 3.05) is 13.7 Å². The fourth-order valence-corrected chi connectivity index (χ4v) is 8.43. The van der Waals surface area contributed by atoms with E-state index in [-0.39, 0.29) is 0 Å². The van der Waals surface area contributed by atoms with Crippen LogP contribution >= 0.6 is 7.05 Å². The standard InChI is InChI=1S/C38H35NO2P.ClHO4/c1-3-41-38(32-27-29-33(40-2)30-28-32)26-16-25-37(31-17-8-4-9-18-31)39-42(34-19-10-5-11-20-34,35-21-12-6-13-22-35)36-23-14-7-15-24-36;2-1(3,4)5/h4-30H,3H2,1-2H3;(H,2,3,4,5)/q+1;/p-1/b25-16?,38-26-;. The second kappa shape index (κ2) is 17.3. The highest BCUT2D eigenvalue weighted by atomic mass is 35.7. The van der Waals surface area contributed by atoms with Crippen molar-refractivity contribution in [2.45, 2.75) is 6.92 Å². The van der Waals surface area contributed by atoms with Crippen LogP contribution in [-0.2, 0) is 4.74 Å². The van der Waals surface area contributed by atoms with E-state index in [2.05, 4.69) is 121 Å². The number of hydrogen-bond donors (Lipinski definition) is 0. The van der Waals surface area contributed by atoms with Crippen molar-refractivity contribution in [1.29, 1.82) is 0 Å². The van der Waals surface area contributed by atoms with Gasteiger partial charge in [-0.05, 0) is 85.8 Å². The molecule has 9 heteroatoms. The van der Waals surface area contributed by atoms with Gasteiger partial charge in [-0.1, -0.05) is 78.9 Å². The molecule has 0 aliphatic heterocycles. The zero-order valence-corrected chi connectivity index (χ0v) is 27.7. The molecule has 0 atom stereocenters. The monoisotopic (exact) mass is 667 g/mol. The minimum absolute atomic E-state index is 0.565. The van der Waals surface area contributed by atoms with Gasteiger partial charge < -0.3 is 9.47 Å². The Morgan fingerprint density at radius 3 is 1.47 bits per heavy atom. The molecule has 0 aliphatic carbocycles. The lowest BCUT2D eigenvalue weighted by Gasteiger charge is -2.17. The molecule has 0 amide bonds. The summed E-state index contributed by atoms with van der Waals surface area (Å²) in [6, 6.07) is 50.4. The first-order chi connectivity index (χ1) is 22.7. The molecule has 0 bridgehead atoms. The third-order valence-corrected chi connectivity index (χ3v) is 10.5. The van der Waals surface area contributed by atoms with E-state index in [9.17, 15) is 0 Å². The molecule has 5 rings (SSSR count). The Hall–Kier alpha value is -4.68. The van der Waals surface area contributed by atoms with E-state index in [1.807, 2.05) is 49.4 Å². The van der Waals surface area contributed by atoms with Crippen LogP contribution in [0.25, 0.3) is 5.76 Å². The van der Waals surface area contributed by atoms with Crippen molar-refractivity contribution in [3.8, 4) is 5.75 Å². The number of hydrogen-bond acceptors (Lipinski definition) is 6. The third kappa shape index (κ3) is 10.2. The summed E-state index contributed by atoms with van der Waals surface area (Å²) in [5, 5.41) is 3.61. The molecule has 0 radical (unpaired) electrons. The molecule has 0 N–H and O–H groups in total. The highest BCUT2D eigenvalue weighted by Crippen LogP contribution is 2.42. The van der Waals surface area contributed by atoms with Crippen molar-refractivity contribution >= 4 is 34.4 Å². The second-order valence-electron chi connectivity index (χ2n) is 9.92. The minimum atomic E-state index is -4.94. The number of ether oxygens (including phenoxy) is 2. The Balaban J connectivity index is 0.000000930. The van der Waals surface area contributed by atoms with Crippen LogP contribution in [0.3, 0.4) is 0 Å². The first kappa shape index (κ1) is 35.2. The molecule has 0 spiro atoms. The number of rotatable bonds is 10. The van der Waals surface area contributed by atoms with E-state index in [1.54, 1.807) is 7.11 Å². The van der Waals surface area contributed by atoms with Gasteiger partial charge in [-0.2, -0.15) is 0 Å². The quantitative estimate of drug-likeness (QED) is 0.0742. The van der Waals surface area contributed by atoms with Gasteiger partial charge in [0.15, 0.2) is 0 Å². The maximum atomic E-state index is 8.49. The van der Waals surface area contributed by atoms with Gasteiger partial charge in [-0.15, -0.1) is 14.7 Å². The molecule has 240 valence electrons. The molecule has 0 aliphatic rings. The van der Waals surface area contributed by atoms with Gasteiger partial charge in [0.25, 0.3) is 0 Å². The van der Waals surface area contributed by atoms with Crippen molar-refractivity contribution < 1.29 is 38.4 Å². The van der Waals surface area contributed by atoms with Crippen LogP contribution in [0.4, 0.5) is 0 Å². The summed E-state index contributed by atoms with van der Waals surface area (Å²) in [4.78, 5) is 0. The third-order valence-electron chi connectivity index (χ3n) is 6.89. The Morgan fingerprint density at radius 1 is 0.638 bits per heavy atom. The number of halogens is 1. The molecule has 0 heterocycles. The normalized spacial score (nSPS) is 11.7. The Kier molecular flexibility index (Phi) is 12.9. The summed E-state index contributed by atoms with van der Waals surface area (Å²) in [7, 11) is -5.72. The van der Waals surface area contributed by atoms with Crippen LogP contribution in [0.1, 0.15) is 18.1 Å². The van der Waals surface area contributed by atoms with Gasteiger partial charge in [0.1, 0.15) is 11.5 Å². The van der Waals surface area contributed by atoms with Crippen LogP contribution in [0.5, 0.6) is 5.75 Å². The Bertz CT molecular complexity index is 1730. The first-order valence-corrected chi connectivity index (χ1v) is 17.7. The maximum Gasteiger partial charge on any atom is 0.327 e. The maximum absolute atomic E-state index is 8.49. The summed E-state index contributed by atoms with van der Waals surface area (Å²) in [6.45, 7) is 2.56. The van der Waals surface area contributed by atoms with Crippen molar-refractivity contribution in [2.24, 2.45) is 0 Å². The number of allylic oxidation sites excluding steroid dienone is 3. The van der Waals surface area contributed by atoms with Crippen LogP contribution in [-0.4, -0.2) is 19.4 Å². The smallest absolute Gasteiger partial charge is 0.327 e. The zero-order valence-electron chi connectivity index (χ0n) is 26.0. The lowest BCUT2D eigenvalue weighted by atomic mass is 10.1. The van der Waals surface area contributed by atoms with Crippen LogP contribution in [0, 0.1) is 10.2 Å². The van der Waals surface area contributed by atoms with Gasteiger partial charge in [-0.3, -0.25) is 0 Å². The second-order valence-corrected chi connectivity index (χ2v) is 13.7. The Morgan fingerprint density at radius 2 is 1.06 bits per heavy atom. The molecular formula is C38H35ClNO6P. The average Bonchev–Trinajstić information content (AvgIpc) is 3.10. The molecule has 7 nitrogen and oxygen atoms in total. The minimum Gasteiger partial charge on any atom is -0.497 e. The van der Waals surface area contributed by atoms with E-state index >= 15 is 0 Å². The van der Waals surface area contributed by atoms with Crippen molar-refractivity contribution in [3.63, 3.8) is 0 Å². The largest absolute Gasteiger partial charge is 0.497 e. The summed E-state index contributed by atoms with van der Waals surface area (Å²) in [5.41, 5.74) is 2.94. The molecule has 5 aromatic rings. The van der Waals surface area contributed by atoms with E-state index in [0.717, 1.165) is 28.3 Å². The van der Waals surface area contributed by atoms with E-state index in [0.29, 0.717) is 6.61 Å². The molecule has 0 saturated carbocycles. The van der Waals surface area contributed by atoms with Crippen molar-refractivity contribution in [1.82, 2.24) is 4.42 Å². The summed E-state index contributed by atoms with van der Waals surface area (Å²) < 4.78 is 51.1. The lowest BCUT2D eigenvalue weighted by molar-refractivity contribution is -2.00. The van der Waals surface area contributed by atoms with E-state index in [4.69, 9.17) is 32.5 Å². The summed E-state index contributed by atoms with van der Waals surface area (Å²) in [6.07, 6.45) is 6.15. The van der Waals surface area contributed by atoms with Gasteiger partial charge in [0.2, 0.25) is 0 Å². The first-order valence-electron chi connectivity index (χ1n) is 14.7. The topological polar surface area (TPSA) is 125 Å². The van der Waals surface area contributed by atoms with Crippen LogP contribution < -0.4 is 43.7 Å². The van der Waals surface area contributed by atoms with Gasteiger partial charge >= 0.3 is 12.8 Å². The van der Waals surface area contributed by atoms with Crippen molar-refractivity contribution in [3.05, 3.63) is 175 Å². The Labute approximate surface area is 277 Å². The predicted octanol–water partition coefficient (Wildman–Crippen LogP) is 2.61.